The molecule has 2 aliphatic heterocycles. The second-order valence-corrected chi connectivity index (χ2v) is 8.93. The summed E-state index contributed by atoms with van der Waals surface area (Å²) in [6.45, 7) is 4.10. The number of amides is 2. The van der Waals surface area contributed by atoms with E-state index in [1.165, 1.54) is 12.0 Å². The van der Waals surface area contributed by atoms with Gasteiger partial charge >= 0.3 is 12.1 Å². The molecule has 1 N–H and O–H groups in total. The van der Waals surface area contributed by atoms with Crippen LogP contribution in [0, 0.1) is 11.8 Å². The van der Waals surface area contributed by atoms with E-state index < -0.39 is 18.1 Å². The fraction of sp³-hybridized carbons (Fsp3) is 0.542. The lowest BCUT2D eigenvalue weighted by Crippen LogP contribution is -2.54. The third-order valence-electron chi connectivity index (χ3n) is 6.57. The van der Waals surface area contributed by atoms with E-state index in [1.807, 2.05) is 47.4 Å². The number of nitrogens with one attached hydrogen (secondary N) is 1. The largest absolute Gasteiger partial charge is 0.445 e. The lowest BCUT2D eigenvalue weighted by atomic mass is 9.81. The fourth-order valence-electron chi connectivity index (χ4n) is 4.65. The molecule has 2 heterocycles. The first-order chi connectivity index (χ1) is 16.4. The van der Waals surface area contributed by atoms with E-state index in [2.05, 4.69) is 5.32 Å². The Balaban J connectivity index is 1.24. The van der Waals surface area contributed by atoms with E-state index in [1.54, 1.807) is 4.90 Å². The van der Waals surface area contributed by atoms with E-state index >= 15 is 4.39 Å². The third-order valence-corrected chi connectivity index (χ3v) is 6.57. The van der Waals surface area contributed by atoms with Crippen LogP contribution in [0.4, 0.5) is 9.18 Å². The Morgan fingerprint density at radius 3 is 2.56 bits per heavy atom. The average molecular weight is 475 g/mol. The Labute approximate surface area is 198 Å². The van der Waals surface area contributed by atoms with Gasteiger partial charge in [0.25, 0.3) is 0 Å². The Kier molecular flexibility index (Phi) is 7.79. The molecule has 4 unspecified atom stereocenters. The summed E-state index contributed by atoms with van der Waals surface area (Å²) in [5.74, 6) is -1.32. The normalized spacial score (nSPS) is 27.9. The van der Waals surface area contributed by atoms with Crippen LogP contribution in [-0.4, -0.2) is 84.4 Å². The predicted octanol–water partition coefficient (Wildman–Crippen LogP) is 1.71. The molecule has 0 saturated carbocycles. The van der Waals surface area contributed by atoms with Gasteiger partial charge in [-0.25, -0.2) is 14.0 Å². The van der Waals surface area contributed by atoms with Gasteiger partial charge in [-0.1, -0.05) is 42.5 Å². The Hall–Kier alpha value is -2.98. The van der Waals surface area contributed by atoms with Gasteiger partial charge < -0.3 is 19.8 Å². The van der Waals surface area contributed by atoms with Gasteiger partial charge in [-0.15, -0.1) is 5.06 Å². The summed E-state index contributed by atoms with van der Waals surface area (Å²) in [5.41, 5.74) is 0.932. The first kappa shape index (κ1) is 24.2. The third kappa shape index (κ3) is 5.92. The fourth-order valence-corrected chi connectivity index (χ4v) is 4.65. The van der Waals surface area contributed by atoms with Crippen LogP contribution in [0.25, 0.3) is 0 Å². The molecule has 2 saturated heterocycles. The molecule has 184 valence electrons. The Bertz CT molecular complexity index is 906. The monoisotopic (exact) mass is 474 g/mol. The number of hydrogen-bond acceptors (Lipinski definition) is 7. The van der Waals surface area contributed by atoms with E-state index in [0.717, 1.165) is 5.56 Å². The maximum absolute atomic E-state index is 15.2. The lowest BCUT2D eigenvalue weighted by molar-refractivity contribution is -0.173. The average Bonchev–Trinajstić information content (AvgIpc) is 3.22. The summed E-state index contributed by atoms with van der Waals surface area (Å²) in [4.78, 5) is 44.6. The van der Waals surface area contributed by atoms with E-state index in [9.17, 15) is 14.4 Å². The van der Waals surface area contributed by atoms with Gasteiger partial charge in [0.05, 0.1) is 18.5 Å². The van der Waals surface area contributed by atoms with Crippen molar-refractivity contribution in [3.8, 4) is 0 Å². The minimum absolute atomic E-state index is 0.119. The maximum atomic E-state index is 15.2. The number of halogens is 1. The summed E-state index contributed by atoms with van der Waals surface area (Å²) < 4.78 is 20.6. The van der Waals surface area contributed by atoms with Crippen LogP contribution in [0.1, 0.15) is 18.9 Å². The van der Waals surface area contributed by atoms with Gasteiger partial charge in [-0.05, 0) is 17.9 Å². The predicted molar refractivity (Wildman–Crippen MR) is 121 cm³/mol. The zero-order chi connectivity index (χ0) is 24.1. The second kappa shape index (κ2) is 11.0. The number of hydroxylamine groups is 2. The van der Waals surface area contributed by atoms with Crippen molar-refractivity contribution in [2.24, 2.45) is 11.8 Å². The highest BCUT2D eigenvalue weighted by Crippen LogP contribution is 2.33. The molecular formula is C24H31FN4O5. The van der Waals surface area contributed by atoms with Gasteiger partial charge in [0.15, 0.2) is 0 Å². The maximum Gasteiger partial charge on any atom is 0.410 e. The van der Waals surface area contributed by atoms with E-state index in [-0.39, 0.29) is 43.7 Å². The topological polar surface area (TPSA) is 91.4 Å². The van der Waals surface area contributed by atoms with Crippen molar-refractivity contribution in [2.45, 2.75) is 32.2 Å². The second-order valence-electron chi connectivity index (χ2n) is 8.93. The molecular weight excluding hydrogens is 443 g/mol. The summed E-state index contributed by atoms with van der Waals surface area (Å²) >= 11 is 0. The Morgan fingerprint density at radius 1 is 1.15 bits per heavy atom. The molecule has 10 heteroatoms. The first-order valence-electron chi connectivity index (χ1n) is 11.6. The van der Waals surface area contributed by atoms with Crippen molar-refractivity contribution in [2.75, 3.05) is 39.4 Å². The quantitative estimate of drug-likeness (QED) is 0.628. The number of nitrogens with zero attached hydrogens (tertiary/aromatic N) is 3. The highest BCUT2D eigenvalue weighted by Gasteiger charge is 2.42. The number of hydrogen-bond donors (Lipinski definition) is 1. The molecule has 4 rings (SSSR count). The standard InChI is InChI=1S/C24H31FN4O5/c1-17(30)26-16-29-14-20(23(31)34-29)19-7-8-22(21(25)13-19)27-9-11-28(12-10-27)24(32)33-15-18-5-3-2-4-6-18/h2-8,19-22H,9-16H2,1H3,(H,26,30). The van der Waals surface area contributed by atoms with Crippen LogP contribution < -0.4 is 5.32 Å². The number of alkyl halides is 1. The van der Waals surface area contributed by atoms with Crippen LogP contribution >= 0.6 is 0 Å². The molecule has 34 heavy (non-hydrogen) atoms. The number of piperazine rings is 1. The SMILES string of the molecule is CC(=O)NCN1CC(C2C=CC(N3CCN(C(=O)OCc4ccccc4)CC3)C(F)C2)C(=O)O1. The molecule has 0 radical (unpaired) electrons. The van der Waals surface area contributed by atoms with Crippen LogP contribution in [0.15, 0.2) is 42.5 Å². The summed E-state index contributed by atoms with van der Waals surface area (Å²) in [5, 5.41) is 3.99. The van der Waals surface area contributed by atoms with E-state index in [0.29, 0.717) is 32.7 Å². The minimum Gasteiger partial charge on any atom is -0.445 e. The van der Waals surface area contributed by atoms with Crippen molar-refractivity contribution in [1.82, 2.24) is 20.2 Å². The van der Waals surface area contributed by atoms with Crippen molar-refractivity contribution >= 4 is 18.0 Å². The summed E-state index contributed by atoms with van der Waals surface area (Å²) in [6, 6.07) is 9.13. The van der Waals surface area contributed by atoms with Crippen LogP contribution in [0.3, 0.4) is 0 Å². The molecule has 0 spiro atoms. The van der Waals surface area contributed by atoms with Gasteiger partial charge in [0.1, 0.15) is 19.4 Å². The number of allylic oxidation sites excluding steroid dienone is 1. The molecule has 1 aliphatic carbocycles. The molecule has 9 nitrogen and oxygen atoms in total. The smallest absolute Gasteiger partial charge is 0.410 e. The van der Waals surface area contributed by atoms with Gasteiger partial charge in [-0.3, -0.25) is 9.69 Å². The minimum atomic E-state index is -1.12. The molecule has 2 fully saturated rings. The van der Waals surface area contributed by atoms with E-state index in [4.69, 9.17) is 9.57 Å². The van der Waals surface area contributed by atoms with Crippen molar-refractivity contribution in [1.29, 1.82) is 0 Å². The van der Waals surface area contributed by atoms with Crippen molar-refractivity contribution in [3.63, 3.8) is 0 Å². The number of rotatable bonds is 6. The highest BCUT2D eigenvalue weighted by molar-refractivity contribution is 5.75. The lowest BCUT2D eigenvalue weighted by Gasteiger charge is -2.41. The molecule has 2 amide bonds. The molecule has 1 aromatic carbocycles. The Morgan fingerprint density at radius 2 is 1.88 bits per heavy atom. The van der Waals surface area contributed by atoms with Crippen LogP contribution in [0.2, 0.25) is 0 Å². The van der Waals surface area contributed by atoms with Crippen LogP contribution in [0.5, 0.6) is 0 Å². The molecule has 4 atom stereocenters. The molecule has 0 aromatic heterocycles. The highest BCUT2D eigenvalue weighted by atomic mass is 19.1. The molecule has 3 aliphatic rings. The summed E-state index contributed by atoms with van der Waals surface area (Å²) in [6.07, 6.45) is 2.50. The number of carbonyl (C=O) groups excluding carboxylic acids is 3. The molecule has 0 bridgehead atoms. The number of carbonyl (C=O) groups is 3. The zero-order valence-corrected chi connectivity index (χ0v) is 19.3. The van der Waals surface area contributed by atoms with Crippen LogP contribution in [-0.2, 0) is 25.8 Å². The number of ether oxygens (including phenoxy) is 1. The molecule has 1 aromatic rings. The van der Waals surface area contributed by atoms with Gasteiger partial charge in [0, 0.05) is 33.1 Å². The van der Waals surface area contributed by atoms with Crippen molar-refractivity contribution in [3.05, 3.63) is 48.0 Å². The van der Waals surface area contributed by atoms with Crippen molar-refractivity contribution < 1.29 is 28.3 Å². The number of benzene rings is 1. The summed E-state index contributed by atoms with van der Waals surface area (Å²) in [7, 11) is 0. The van der Waals surface area contributed by atoms with Gasteiger partial charge in [0.2, 0.25) is 5.91 Å². The zero-order valence-electron chi connectivity index (χ0n) is 19.3. The first-order valence-corrected chi connectivity index (χ1v) is 11.6. The van der Waals surface area contributed by atoms with Gasteiger partial charge in [-0.2, -0.15) is 0 Å².